The molecule has 0 aromatic carbocycles. The Morgan fingerprint density at radius 3 is 2.52 bits per heavy atom. The third-order valence-electron chi connectivity index (χ3n) is 2.64. The van der Waals surface area contributed by atoms with Crippen LogP contribution in [0, 0.1) is 0 Å². The SMILES string of the molecule is CC(C)(C)OC(=O)NCC1=CC=CC(NNC(=O)C(F)(F)F)C1. The molecule has 0 spiro atoms. The molecule has 0 aromatic rings. The maximum atomic E-state index is 12.1. The van der Waals surface area contributed by atoms with Gasteiger partial charge in [-0.05, 0) is 32.8 Å². The monoisotopic (exact) mass is 335 g/mol. The van der Waals surface area contributed by atoms with Gasteiger partial charge in [-0.15, -0.1) is 0 Å². The Balaban J connectivity index is 2.38. The number of alkyl halides is 3. The van der Waals surface area contributed by atoms with E-state index in [2.05, 4.69) is 10.7 Å². The van der Waals surface area contributed by atoms with E-state index in [9.17, 15) is 22.8 Å². The van der Waals surface area contributed by atoms with Gasteiger partial charge in [0.25, 0.3) is 0 Å². The highest BCUT2D eigenvalue weighted by molar-refractivity contribution is 5.81. The van der Waals surface area contributed by atoms with E-state index < -0.39 is 29.8 Å². The van der Waals surface area contributed by atoms with Crippen molar-refractivity contribution in [2.24, 2.45) is 0 Å². The molecule has 0 radical (unpaired) electrons. The number of alkyl carbamates (subject to hydrolysis) is 1. The molecule has 0 saturated heterocycles. The Hall–Kier alpha value is -2.03. The second-order valence-electron chi connectivity index (χ2n) is 5.97. The average Bonchev–Trinajstić information content (AvgIpc) is 2.40. The fourth-order valence-electron chi connectivity index (χ4n) is 1.70. The minimum Gasteiger partial charge on any atom is -0.444 e. The summed E-state index contributed by atoms with van der Waals surface area (Å²) in [6, 6.07) is -0.498. The van der Waals surface area contributed by atoms with E-state index in [0.717, 1.165) is 5.57 Å². The highest BCUT2D eigenvalue weighted by Crippen LogP contribution is 2.15. The number of hydrogen-bond donors (Lipinski definition) is 3. The van der Waals surface area contributed by atoms with Crippen molar-refractivity contribution in [2.45, 2.75) is 45.0 Å². The molecule has 9 heteroatoms. The Morgan fingerprint density at radius 2 is 1.96 bits per heavy atom. The molecule has 0 heterocycles. The van der Waals surface area contributed by atoms with E-state index in [0.29, 0.717) is 6.42 Å². The average molecular weight is 335 g/mol. The van der Waals surface area contributed by atoms with Crippen LogP contribution in [0.5, 0.6) is 0 Å². The summed E-state index contributed by atoms with van der Waals surface area (Å²) in [5.41, 5.74) is 4.06. The van der Waals surface area contributed by atoms with Gasteiger partial charge in [-0.1, -0.05) is 18.2 Å². The zero-order valence-corrected chi connectivity index (χ0v) is 13.1. The maximum Gasteiger partial charge on any atom is 0.472 e. The van der Waals surface area contributed by atoms with E-state index in [-0.39, 0.29) is 6.54 Å². The molecular formula is C14H20F3N3O3. The molecule has 0 aliphatic heterocycles. The number of amides is 2. The first-order chi connectivity index (χ1) is 10.5. The fraction of sp³-hybridized carbons (Fsp3) is 0.571. The Kier molecular flexibility index (Phi) is 6.20. The summed E-state index contributed by atoms with van der Waals surface area (Å²) in [5.74, 6) is -2.06. The van der Waals surface area contributed by atoms with Gasteiger partial charge in [-0.3, -0.25) is 10.2 Å². The predicted octanol–water partition coefficient (Wildman–Crippen LogP) is 1.95. The zero-order valence-electron chi connectivity index (χ0n) is 13.1. The summed E-state index contributed by atoms with van der Waals surface area (Å²) in [5, 5.41) is 2.56. The number of halogens is 3. The van der Waals surface area contributed by atoms with Crippen molar-refractivity contribution < 1.29 is 27.5 Å². The summed E-state index contributed by atoms with van der Waals surface area (Å²) in [7, 11) is 0. The third-order valence-corrected chi connectivity index (χ3v) is 2.64. The van der Waals surface area contributed by atoms with E-state index in [1.54, 1.807) is 44.4 Å². The lowest BCUT2D eigenvalue weighted by atomic mass is 10.0. The lowest BCUT2D eigenvalue weighted by Crippen LogP contribution is -2.49. The highest BCUT2D eigenvalue weighted by atomic mass is 19.4. The molecule has 2 amide bonds. The van der Waals surface area contributed by atoms with Gasteiger partial charge >= 0.3 is 18.2 Å². The van der Waals surface area contributed by atoms with Crippen molar-refractivity contribution in [1.29, 1.82) is 0 Å². The molecule has 23 heavy (non-hydrogen) atoms. The summed E-state index contributed by atoms with van der Waals surface area (Å²) in [6.07, 6.45) is -0.211. The van der Waals surface area contributed by atoms with Crippen LogP contribution in [0.4, 0.5) is 18.0 Å². The molecular weight excluding hydrogens is 315 g/mol. The largest absolute Gasteiger partial charge is 0.472 e. The predicted molar refractivity (Wildman–Crippen MR) is 77.2 cm³/mol. The van der Waals surface area contributed by atoms with Crippen molar-refractivity contribution >= 4 is 12.0 Å². The number of nitrogens with one attached hydrogen (secondary N) is 3. The molecule has 130 valence electrons. The lowest BCUT2D eigenvalue weighted by Gasteiger charge is -2.22. The van der Waals surface area contributed by atoms with Gasteiger partial charge in [0, 0.05) is 12.6 Å². The summed E-state index contributed by atoms with van der Waals surface area (Å²) in [4.78, 5) is 22.3. The van der Waals surface area contributed by atoms with Gasteiger partial charge in [-0.25, -0.2) is 10.2 Å². The van der Waals surface area contributed by atoms with E-state index in [1.165, 1.54) is 0 Å². The number of rotatable bonds is 4. The molecule has 1 aliphatic rings. The molecule has 0 aromatic heterocycles. The Labute approximate surface area is 132 Å². The van der Waals surface area contributed by atoms with Crippen LogP contribution in [0.3, 0.4) is 0 Å². The number of hydrogen-bond acceptors (Lipinski definition) is 4. The number of allylic oxidation sites excluding steroid dienone is 2. The van der Waals surface area contributed by atoms with Crippen LogP contribution in [-0.2, 0) is 9.53 Å². The summed E-state index contributed by atoms with van der Waals surface area (Å²) < 4.78 is 41.3. The summed E-state index contributed by atoms with van der Waals surface area (Å²) >= 11 is 0. The number of carbonyl (C=O) groups is 2. The van der Waals surface area contributed by atoms with Crippen LogP contribution in [-0.4, -0.2) is 36.4 Å². The van der Waals surface area contributed by atoms with Crippen molar-refractivity contribution in [3.05, 3.63) is 23.8 Å². The molecule has 6 nitrogen and oxygen atoms in total. The fourth-order valence-corrected chi connectivity index (χ4v) is 1.70. The second-order valence-corrected chi connectivity index (χ2v) is 5.97. The van der Waals surface area contributed by atoms with Crippen LogP contribution >= 0.6 is 0 Å². The Morgan fingerprint density at radius 1 is 1.30 bits per heavy atom. The first-order valence-electron chi connectivity index (χ1n) is 6.93. The molecule has 3 N–H and O–H groups in total. The molecule has 1 unspecified atom stereocenters. The topological polar surface area (TPSA) is 79.5 Å². The van der Waals surface area contributed by atoms with E-state index >= 15 is 0 Å². The van der Waals surface area contributed by atoms with E-state index in [1.807, 2.05) is 0 Å². The van der Waals surface area contributed by atoms with Crippen LogP contribution in [0.1, 0.15) is 27.2 Å². The van der Waals surface area contributed by atoms with Gasteiger partial charge in [0.15, 0.2) is 0 Å². The van der Waals surface area contributed by atoms with E-state index in [4.69, 9.17) is 4.74 Å². The zero-order chi connectivity index (χ0) is 17.7. The van der Waals surface area contributed by atoms with Crippen molar-refractivity contribution in [1.82, 2.24) is 16.2 Å². The van der Waals surface area contributed by atoms with Crippen molar-refractivity contribution in [3.63, 3.8) is 0 Å². The van der Waals surface area contributed by atoms with Crippen molar-refractivity contribution in [3.8, 4) is 0 Å². The molecule has 1 aliphatic carbocycles. The molecule has 0 bridgehead atoms. The first kappa shape index (κ1) is 19.0. The molecule has 1 rings (SSSR count). The molecule has 1 atom stereocenters. The number of ether oxygens (including phenoxy) is 1. The maximum absolute atomic E-state index is 12.1. The van der Waals surface area contributed by atoms with Gasteiger partial charge < -0.3 is 10.1 Å². The first-order valence-corrected chi connectivity index (χ1v) is 6.93. The van der Waals surface area contributed by atoms with Crippen LogP contribution < -0.4 is 16.2 Å². The molecule has 0 saturated carbocycles. The third kappa shape index (κ3) is 7.68. The van der Waals surface area contributed by atoms with Gasteiger partial charge in [0.2, 0.25) is 0 Å². The van der Waals surface area contributed by atoms with Crippen molar-refractivity contribution in [2.75, 3.05) is 6.54 Å². The number of carbonyl (C=O) groups excluding carboxylic acids is 2. The highest BCUT2D eigenvalue weighted by Gasteiger charge is 2.38. The summed E-state index contributed by atoms with van der Waals surface area (Å²) in [6.45, 7) is 5.40. The van der Waals surface area contributed by atoms with Gasteiger partial charge in [0.05, 0.1) is 0 Å². The second kappa shape index (κ2) is 7.49. The van der Waals surface area contributed by atoms with Crippen LogP contribution in [0.25, 0.3) is 0 Å². The smallest absolute Gasteiger partial charge is 0.444 e. The lowest BCUT2D eigenvalue weighted by molar-refractivity contribution is -0.174. The standard InChI is InChI=1S/C14H20F3N3O3/c1-13(2,3)23-12(22)18-8-9-5-4-6-10(7-9)19-20-11(21)14(15,16)17/h4-6,10,19H,7-8H2,1-3H3,(H,18,22)(H,20,21). The normalized spacial score (nSPS) is 18.2. The minimum absolute atomic E-state index is 0.199. The van der Waals surface area contributed by atoms with Gasteiger partial charge in [0.1, 0.15) is 5.60 Å². The van der Waals surface area contributed by atoms with Crippen LogP contribution in [0.15, 0.2) is 23.8 Å². The van der Waals surface area contributed by atoms with Gasteiger partial charge in [-0.2, -0.15) is 13.2 Å². The number of hydrazine groups is 1. The quantitative estimate of drug-likeness (QED) is 0.686. The minimum atomic E-state index is -4.94. The Bertz CT molecular complexity index is 508. The molecule has 0 fully saturated rings. The van der Waals surface area contributed by atoms with Crippen LogP contribution in [0.2, 0.25) is 0 Å².